The Bertz CT molecular complexity index is 660. The van der Waals surface area contributed by atoms with Crippen LogP contribution in [0.4, 0.5) is 5.69 Å². The molecule has 0 unspecified atom stereocenters. The van der Waals surface area contributed by atoms with Crippen LogP contribution in [0.3, 0.4) is 0 Å². The number of fused-ring (bicyclic) bond motifs is 3. The zero-order chi connectivity index (χ0) is 13.6. The van der Waals surface area contributed by atoms with Gasteiger partial charge in [0.05, 0.1) is 16.8 Å². The van der Waals surface area contributed by atoms with Crippen molar-refractivity contribution >= 4 is 33.6 Å². The van der Waals surface area contributed by atoms with Crippen LogP contribution in [0, 0.1) is 5.92 Å². The van der Waals surface area contributed by atoms with Crippen LogP contribution in [0.25, 0.3) is 11.0 Å². The number of amidine groups is 1. The lowest BCUT2D eigenvalue weighted by molar-refractivity contribution is 0.439. The maximum atomic E-state index is 6.15. The van der Waals surface area contributed by atoms with E-state index in [0.717, 1.165) is 40.9 Å². The molecular weight excluding hydrogens is 262 g/mol. The summed E-state index contributed by atoms with van der Waals surface area (Å²) in [5, 5.41) is 5.71. The van der Waals surface area contributed by atoms with E-state index in [9.17, 15) is 0 Å². The number of halogens is 1. The lowest BCUT2D eigenvalue weighted by Gasteiger charge is -2.23. The predicted molar refractivity (Wildman–Crippen MR) is 77.0 cm³/mol. The van der Waals surface area contributed by atoms with E-state index in [4.69, 9.17) is 16.1 Å². The van der Waals surface area contributed by atoms with Crippen molar-refractivity contribution in [2.24, 2.45) is 10.9 Å². The lowest BCUT2D eigenvalue weighted by atomic mass is 10.0. The van der Waals surface area contributed by atoms with Crippen LogP contribution in [0.2, 0.25) is 0 Å². The second kappa shape index (κ2) is 4.53. The Morgan fingerprint density at radius 1 is 1.42 bits per heavy atom. The molecule has 2 heterocycles. The first-order valence-electron chi connectivity index (χ1n) is 6.41. The Morgan fingerprint density at radius 3 is 2.95 bits per heavy atom. The molecule has 0 amide bonds. The normalized spacial score (nSPS) is 15.0. The average molecular weight is 278 g/mol. The van der Waals surface area contributed by atoms with E-state index < -0.39 is 0 Å². The van der Waals surface area contributed by atoms with Crippen molar-refractivity contribution in [1.29, 1.82) is 0 Å². The van der Waals surface area contributed by atoms with Gasteiger partial charge in [0.25, 0.3) is 0 Å². The zero-order valence-electron chi connectivity index (χ0n) is 11.3. The molecule has 1 aliphatic heterocycles. The monoisotopic (exact) mass is 277 g/mol. The van der Waals surface area contributed by atoms with Gasteiger partial charge in [-0.05, 0) is 35.6 Å². The molecule has 0 aliphatic carbocycles. The third kappa shape index (κ3) is 2.10. The van der Waals surface area contributed by atoms with Crippen LogP contribution in [-0.4, -0.2) is 22.4 Å². The first-order chi connectivity index (χ1) is 9.06. The molecule has 3 rings (SSSR count). The molecule has 5 heteroatoms. The molecule has 0 saturated carbocycles. The minimum atomic E-state index is 0.511. The molecule has 0 N–H and O–H groups in total. The Labute approximate surface area is 117 Å². The van der Waals surface area contributed by atoms with Gasteiger partial charge in [-0.25, -0.2) is 4.99 Å². The first kappa shape index (κ1) is 12.5. The number of nitrogens with zero attached hydrogens (tertiary/aromatic N) is 3. The fourth-order valence-electron chi connectivity index (χ4n) is 2.40. The van der Waals surface area contributed by atoms with Gasteiger partial charge in [0, 0.05) is 13.6 Å². The maximum Gasteiger partial charge on any atom is 0.199 e. The number of hydrogen-bond acceptors (Lipinski definition) is 4. The van der Waals surface area contributed by atoms with E-state index in [-0.39, 0.29) is 0 Å². The first-order valence-corrected chi connectivity index (χ1v) is 6.79. The van der Waals surface area contributed by atoms with Gasteiger partial charge in [-0.1, -0.05) is 25.1 Å². The van der Waals surface area contributed by atoms with E-state index in [1.807, 2.05) is 24.1 Å². The molecule has 0 spiro atoms. The van der Waals surface area contributed by atoms with Gasteiger partial charge in [-0.15, -0.1) is 0 Å². The second-order valence-corrected chi connectivity index (χ2v) is 5.75. The van der Waals surface area contributed by atoms with Gasteiger partial charge < -0.3 is 9.42 Å². The summed E-state index contributed by atoms with van der Waals surface area (Å²) in [7, 11) is 1.93. The summed E-state index contributed by atoms with van der Waals surface area (Å²) >= 11 is 6.15. The molecule has 4 nitrogen and oxygen atoms in total. The molecule has 0 bridgehead atoms. The molecule has 0 radical (unpaired) electrons. The van der Waals surface area contributed by atoms with E-state index in [0.29, 0.717) is 11.2 Å². The van der Waals surface area contributed by atoms with Crippen molar-refractivity contribution in [3.63, 3.8) is 0 Å². The Kier molecular flexibility index (Phi) is 2.97. The van der Waals surface area contributed by atoms with Crippen molar-refractivity contribution in [1.82, 2.24) is 10.1 Å². The summed E-state index contributed by atoms with van der Waals surface area (Å²) < 4.78 is 5.40. The molecule has 100 valence electrons. The number of benzene rings is 1. The quantitative estimate of drug-likeness (QED) is 0.786. The summed E-state index contributed by atoms with van der Waals surface area (Å²) in [6.45, 7) is 5.10. The van der Waals surface area contributed by atoms with Crippen LogP contribution in [0.15, 0.2) is 21.6 Å². The number of rotatable bonds is 2. The molecular formula is C14H16ClN3O. The molecule has 0 atom stereocenters. The SMILES string of the molecule is CC(C)Cc1noc2ccc3c(c12)N=C(Cl)N(C)C3. The lowest BCUT2D eigenvalue weighted by Crippen LogP contribution is -2.24. The van der Waals surface area contributed by atoms with Crippen molar-refractivity contribution in [2.45, 2.75) is 26.8 Å². The fourth-order valence-corrected chi connectivity index (χ4v) is 2.54. The average Bonchev–Trinajstić information content (AvgIpc) is 2.74. The highest BCUT2D eigenvalue weighted by Crippen LogP contribution is 2.37. The minimum Gasteiger partial charge on any atom is -0.356 e. The highest BCUT2D eigenvalue weighted by molar-refractivity contribution is 6.65. The maximum absolute atomic E-state index is 6.15. The molecule has 1 aromatic carbocycles. The summed E-state index contributed by atoms with van der Waals surface area (Å²) in [6.07, 6.45) is 0.881. The van der Waals surface area contributed by atoms with E-state index in [1.165, 1.54) is 0 Å². The zero-order valence-corrected chi connectivity index (χ0v) is 12.0. The van der Waals surface area contributed by atoms with E-state index in [2.05, 4.69) is 24.0 Å². The number of hydrogen-bond donors (Lipinski definition) is 0. The smallest absolute Gasteiger partial charge is 0.199 e. The number of aromatic nitrogens is 1. The van der Waals surface area contributed by atoms with Crippen molar-refractivity contribution in [3.05, 3.63) is 23.4 Å². The standard InChI is InChI=1S/C14H16ClN3O/c1-8(2)6-10-12-11(19-17-10)5-4-9-7-18(3)14(15)16-13(9)12/h4-5,8H,6-7H2,1-3H3. The topological polar surface area (TPSA) is 41.6 Å². The third-order valence-corrected chi connectivity index (χ3v) is 3.67. The van der Waals surface area contributed by atoms with Crippen molar-refractivity contribution in [3.8, 4) is 0 Å². The van der Waals surface area contributed by atoms with Crippen molar-refractivity contribution in [2.75, 3.05) is 7.05 Å². The van der Waals surface area contributed by atoms with Gasteiger partial charge >= 0.3 is 0 Å². The fraction of sp³-hybridized carbons (Fsp3) is 0.429. The third-order valence-electron chi connectivity index (χ3n) is 3.29. The highest BCUT2D eigenvalue weighted by atomic mass is 35.5. The van der Waals surface area contributed by atoms with E-state index >= 15 is 0 Å². The Morgan fingerprint density at radius 2 is 2.21 bits per heavy atom. The van der Waals surface area contributed by atoms with Crippen LogP contribution in [-0.2, 0) is 13.0 Å². The van der Waals surface area contributed by atoms with Crippen LogP contribution < -0.4 is 0 Å². The molecule has 1 aliphatic rings. The summed E-state index contributed by atoms with van der Waals surface area (Å²) in [5.41, 5.74) is 3.83. The minimum absolute atomic E-state index is 0.511. The molecule has 1 aromatic heterocycles. The van der Waals surface area contributed by atoms with Crippen molar-refractivity contribution < 1.29 is 4.52 Å². The van der Waals surface area contributed by atoms with E-state index in [1.54, 1.807) is 0 Å². The Balaban J connectivity index is 2.22. The summed E-state index contributed by atoms with van der Waals surface area (Å²) in [6, 6.07) is 4.00. The molecule has 19 heavy (non-hydrogen) atoms. The van der Waals surface area contributed by atoms with Gasteiger partial charge in [0.15, 0.2) is 10.9 Å². The summed E-state index contributed by atoms with van der Waals surface area (Å²) in [5.74, 6) is 0.523. The summed E-state index contributed by atoms with van der Waals surface area (Å²) in [4.78, 5) is 6.43. The molecule has 2 aromatic rings. The second-order valence-electron chi connectivity index (χ2n) is 5.41. The molecule has 0 fully saturated rings. The Hall–Kier alpha value is -1.55. The van der Waals surface area contributed by atoms with Crippen LogP contribution in [0.5, 0.6) is 0 Å². The number of aliphatic imine (C=N–C) groups is 1. The largest absolute Gasteiger partial charge is 0.356 e. The molecule has 0 saturated heterocycles. The van der Waals surface area contributed by atoms with Gasteiger partial charge in [0.1, 0.15) is 0 Å². The highest BCUT2D eigenvalue weighted by Gasteiger charge is 2.21. The van der Waals surface area contributed by atoms with Gasteiger partial charge in [0.2, 0.25) is 0 Å². The van der Waals surface area contributed by atoms with Gasteiger partial charge in [-0.3, -0.25) is 0 Å². The van der Waals surface area contributed by atoms with Gasteiger partial charge in [-0.2, -0.15) is 0 Å². The van der Waals surface area contributed by atoms with Crippen LogP contribution in [0.1, 0.15) is 25.1 Å². The van der Waals surface area contributed by atoms with Crippen LogP contribution >= 0.6 is 11.6 Å². The predicted octanol–water partition coefficient (Wildman–Crippen LogP) is 3.70.